The van der Waals surface area contributed by atoms with Gasteiger partial charge in [0.15, 0.2) is 5.69 Å². The molecule has 6 nitrogen and oxygen atoms in total. The average molecular weight is 320 g/mol. The molecule has 0 saturated heterocycles. The summed E-state index contributed by atoms with van der Waals surface area (Å²) >= 11 is 5.87. The lowest BCUT2D eigenvalue weighted by Crippen LogP contribution is -2.99. The minimum absolute atomic E-state index is 0.0160. The Kier molecular flexibility index (Phi) is 4.00. The maximum atomic E-state index is 11.0. The van der Waals surface area contributed by atoms with Crippen molar-refractivity contribution in [1.29, 1.82) is 0 Å². The number of hydrogen-bond donors (Lipinski definition) is 4. The number of halogens is 1. The number of rotatable bonds is 3. The molecule has 1 aliphatic heterocycles. The van der Waals surface area contributed by atoms with Crippen LogP contribution in [0.2, 0.25) is 5.02 Å². The molecule has 2 aromatic carbocycles. The molecule has 2 aromatic rings. The summed E-state index contributed by atoms with van der Waals surface area (Å²) in [5.41, 5.74) is 5.20. The monoisotopic (exact) mass is 319 g/mol. The molecule has 0 spiro atoms. The minimum atomic E-state index is -1.04. The Balaban J connectivity index is 1.83. The summed E-state index contributed by atoms with van der Waals surface area (Å²) in [6.45, 7) is 0. The van der Waals surface area contributed by atoms with Crippen molar-refractivity contribution >= 4 is 23.0 Å². The van der Waals surface area contributed by atoms with Gasteiger partial charge in [-0.15, -0.1) is 0 Å². The third-order valence-electron chi connectivity index (χ3n) is 3.58. The topological polar surface area (TPSA) is 92.4 Å². The van der Waals surface area contributed by atoms with E-state index in [0.29, 0.717) is 22.7 Å². The molecular weight excluding hydrogens is 306 g/mol. The molecule has 0 aliphatic carbocycles. The first kappa shape index (κ1) is 14.8. The van der Waals surface area contributed by atoms with Crippen LogP contribution in [0.3, 0.4) is 0 Å². The van der Waals surface area contributed by atoms with E-state index in [0.717, 1.165) is 5.56 Å². The smallest absolute Gasteiger partial charge is 0.164 e. The maximum Gasteiger partial charge on any atom is 0.164 e. The highest BCUT2D eigenvalue weighted by molar-refractivity contribution is 6.30. The molecule has 3 rings (SSSR count). The molecule has 0 bridgehead atoms. The highest BCUT2D eigenvalue weighted by Gasteiger charge is 2.23. The van der Waals surface area contributed by atoms with Crippen molar-refractivity contribution in [2.24, 2.45) is 5.10 Å². The van der Waals surface area contributed by atoms with Crippen LogP contribution in [0.5, 0.6) is 5.75 Å². The number of phenols is 1. The van der Waals surface area contributed by atoms with Crippen molar-refractivity contribution in [1.82, 2.24) is 5.43 Å². The van der Waals surface area contributed by atoms with E-state index in [4.69, 9.17) is 16.8 Å². The van der Waals surface area contributed by atoms with Crippen molar-refractivity contribution in [2.75, 3.05) is 0 Å². The van der Waals surface area contributed by atoms with E-state index in [9.17, 15) is 10.3 Å². The van der Waals surface area contributed by atoms with E-state index < -0.39 is 5.23 Å². The van der Waals surface area contributed by atoms with Gasteiger partial charge in [-0.1, -0.05) is 23.7 Å². The van der Waals surface area contributed by atoms with Gasteiger partial charge in [0.1, 0.15) is 5.75 Å². The van der Waals surface area contributed by atoms with Gasteiger partial charge >= 0.3 is 0 Å². The number of nitrogens with zero attached hydrogens (tertiary/aromatic N) is 1. The highest BCUT2D eigenvalue weighted by Crippen LogP contribution is 2.29. The Morgan fingerprint density at radius 1 is 1.23 bits per heavy atom. The van der Waals surface area contributed by atoms with Gasteiger partial charge in [-0.2, -0.15) is 10.3 Å². The van der Waals surface area contributed by atoms with Crippen molar-refractivity contribution in [3.05, 3.63) is 63.8 Å². The summed E-state index contributed by atoms with van der Waals surface area (Å²) in [6.07, 6.45) is 0.554. The van der Waals surface area contributed by atoms with Crippen LogP contribution in [0.1, 0.15) is 23.6 Å². The first-order valence-corrected chi connectivity index (χ1v) is 7.06. The number of aromatic hydroxyl groups is 1. The van der Waals surface area contributed by atoms with Crippen LogP contribution < -0.4 is 10.7 Å². The van der Waals surface area contributed by atoms with Gasteiger partial charge in [0.25, 0.3) is 0 Å². The first-order chi connectivity index (χ1) is 10.5. The Labute approximate surface area is 131 Å². The number of hydrogen-bond acceptors (Lipinski definition) is 5. The molecule has 7 heteroatoms. The van der Waals surface area contributed by atoms with Crippen molar-refractivity contribution in [2.45, 2.75) is 12.5 Å². The van der Waals surface area contributed by atoms with Crippen LogP contribution in [-0.2, 0) is 0 Å². The van der Waals surface area contributed by atoms with Crippen molar-refractivity contribution in [3.8, 4) is 5.75 Å². The van der Waals surface area contributed by atoms with Gasteiger partial charge in [0, 0.05) is 29.1 Å². The number of quaternary nitrogens is 1. The SMILES string of the molecule is [O-][NH+](O)c1ccc(O)c(C2=NN[C@@H](c3ccc(Cl)cc3)C2)c1. The van der Waals surface area contributed by atoms with E-state index in [2.05, 4.69) is 10.5 Å². The van der Waals surface area contributed by atoms with Crippen LogP contribution in [0.4, 0.5) is 5.69 Å². The van der Waals surface area contributed by atoms with E-state index >= 15 is 0 Å². The Hall–Kier alpha value is -2.12. The van der Waals surface area contributed by atoms with Crippen LogP contribution in [0, 0.1) is 5.21 Å². The molecule has 4 N–H and O–H groups in total. The normalized spacial score (nSPS) is 18.7. The Morgan fingerprint density at radius 3 is 2.64 bits per heavy atom. The third kappa shape index (κ3) is 2.90. The molecule has 1 unspecified atom stereocenters. The second-order valence-electron chi connectivity index (χ2n) is 5.03. The summed E-state index contributed by atoms with van der Waals surface area (Å²) in [6, 6.07) is 11.6. The summed E-state index contributed by atoms with van der Waals surface area (Å²) in [5.74, 6) is 0.0160. The second-order valence-corrected chi connectivity index (χ2v) is 5.47. The zero-order valence-corrected chi connectivity index (χ0v) is 12.2. The fraction of sp³-hybridized carbons (Fsp3) is 0.133. The molecule has 0 saturated carbocycles. The van der Waals surface area contributed by atoms with E-state index in [1.54, 1.807) is 12.1 Å². The number of benzene rings is 2. The summed E-state index contributed by atoms with van der Waals surface area (Å²) < 4.78 is 0. The van der Waals surface area contributed by atoms with Crippen LogP contribution >= 0.6 is 11.6 Å². The molecular formula is C15H14ClN3O3. The molecule has 114 valence electrons. The lowest BCUT2D eigenvalue weighted by molar-refractivity contribution is -0.991. The number of phenolic OH excluding ortho intramolecular Hbond substituents is 1. The van der Waals surface area contributed by atoms with E-state index in [1.807, 2.05) is 12.1 Å². The lowest BCUT2D eigenvalue weighted by atomic mass is 9.98. The molecule has 0 amide bonds. The predicted octanol–water partition coefficient (Wildman–Crippen LogP) is 1.89. The second kappa shape index (κ2) is 5.94. The molecule has 1 heterocycles. The first-order valence-electron chi connectivity index (χ1n) is 6.69. The molecule has 0 fully saturated rings. The fourth-order valence-corrected chi connectivity index (χ4v) is 2.52. The largest absolute Gasteiger partial charge is 0.595 e. The van der Waals surface area contributed by atoms with E-state index in [-0.39, 0.29) is 17.5 Å². The maximum absolute atomic E-state index is 11.0. The number of hydrazone groups is 1. The zero-order chi connectivity index (χ0) is 15.7. The van der Waals surface area contributed by atoms with E-state index in [1.165, 1.54) is 18.2 Å². The molecule has 22 heavy (non-hydrogen) atoms. The number of nitrogens with one attached hydrogen (secondary N) is 2. The van der Waals surface area contributed by atoms with Gasteiger partial charge in [-0.3, -0.25) is 0 Å². The third-order valence-corrected chi connectivity index (χ3v) is 3.83. The molecule has 0 aromatic heterocycles. The van der Waals surface area contributed by atoms with Crippen molar-refractivity contribution in [3.63, 3.8) is 0 Å². The van der Waals surface area contributed by atoms with Gasteiger partial charge in [-0.25, -0.2) is 5.21 Å². The Morgan fingerprint density at radius 2 is 1.95 bits per heavy atom. The summed E-state index contributed by atoms with van der Waals surface area (Å²) in [4.78, 5) is 0. The van der Waals surface area contributed by atoms with Crippen molar-refractivity contribution < 1.29 is 15.5 Å². The standard InChI is InChI=1S/C15H14ClN3O3/c16-10-3-1-9(2-4-10)13-8-14(18-17-13)12-7-11(19(21)22)5-6-15(12)20/h1-7,13,17,19-21H,8H2/t13-/m1/s1. The lowest BCUT2D eigenvalue weighted by Gasteiger charge is -2.13. The van der Waals surface area contributed by atoms with Crippen LogP contribution in [-0.4, -0.2) is 16.0 Å². The van der Waals surface area contributed by atoms with Gasteiger partial charge in [0.2, 0.25) is 0 Å². The summed E-state index contributed by atoms with van der Waals surface area (Å²) in [7, 11) is 0. The van der Waals surface area contributed by atoms with Gasteiger partial charge in [-0.05, 0) is 23.8 Å². The Bertz CT molecular complexity index is 716. The fourth-order valence-electron chi connectivity index (χ4n) is 2.40. The molecule has 0 radical (unpaired) electrons. The van der Waals surface area contributed by atoms with Crippen LogP contribution in [0.15, 0.2) is 47.6 Å². The molecule has 1 aliphatic rings. The minimum Gasteiger partial charge on any atom is -0.595 e. The zero-order valence-electron chi connectivity index (χ0n) is 11.5. The van der Waals surface area contributed by atoms with Gasteiger partial charge in [0.05, 0.1) is 11.8 Å². The van der Waals surface area contributed by atoms with Crippen LogP contribution in [0.25, 0.3) is 0 Å². The average Bonchev–Trinajstić information content (AvgIpc) is 2.98. The van der Waals surface area contributed by atoms with Gasteiger partial charge < -0.3 is 15.7 Å². The summed E-state index contributed by atoms with van der Waals surface area (Å²) in [5, 5.41) is 33.9. The quantitative estimate of drug-likeness (QED) is 0.513. The molecule has 2 atom stereocenters. The highest BCUT2D eigenvalue weighted by atomic mass is 35.5. The predicted molar refractivity (Wildman–Crippen MR) is 82.4 cm³/mol.